The monoisotopic (exact) mass is 270 g/mol. The molecule has 20 heavy (non-hydrogen) atoms. The molecule has 2 heterocycles. The van der Waals surface area contributed by atoms with E-state index in [0.717, 1.165) is 25.5 Å². The Hall–Kier alpha value is -2.14. The Morgan fingerprint density at radius 1 is 1.25 bits per heavy atom. The molecule has 0 saturated carbocycles. The van der Waals surface area contributed by atoms with Crippen LogP contribution in [0.25, 0.3) is 0 Å². The van der Waals surface area contributed by atoms with E-state index >= 15 is 0 Å². The maximum atomic E-state index is 5.25. The summed E-state index contributed by atoms with van der Waals surface area (Å²) in [4.78, 5) is 11.0. The number of aryl methyl sites for hydroxylation is 1. The van der Waals surface area contributed by atoms with E-state index in [-0.39, 0.29) is 0 Å². The molecule has 1 aliphatic heterocycles. The maximum Gasteiger partial charge on any atom is 0.218 e. The van der Waals surface area contributed by atoms with Crippen LogP contribution >= 0.6 is 0 Å². The van der Waals surface area contributed by atoms with Gasteiger partial charge in [0.1, 0.15) is 11.6 Å². The minimum Gasteiger partial charge on any atom is -0.481 e. The van der Waals surface area contributed by atoms with Crippen LogP contribution in [0.5, 0.6) is 5.88 Å². The molecule has 0 aliphatic carbocycles. The molecular formula is C15H18N4O. The van der Waals surface area contributed by atoms with Gasteiger partial charge in [-0.25, -0.2) is 4.98 Å². The van der Waals surface area contributed by atoms with Crippen LogP contribution in [0.1, 0.15) is 11.4 Å². The molecule has 0 amide bonds. The smallest absolute Gasteiger partial charge is 0.218 e. The fraction of sp³-hybridized carbons (Fsp3) is 0.333. The van der Waals surface area contributed by atoms with Crippen molar-refractivity contribution in [1.29, 1.82) is 0 Å². The Balaban J connectivity index is 2.07. The average molecular weight is 270 g/mol. The van der Waals surface area contributed by atoms with Crippen LogP contribution in [0.4, 0.5) is 11.5 Å². The van der Waals surface area contributed by atoms with E-state index in [4.69, 9.17) is 4.74 Å². The summed E-state index contributed by atoms with van der Waals surface area (Å²) in [7, 11) is 1.63. The number of rotatable bonds is 2. The first-order valence-electron chi connectivity index (χ1n) is 6.74. The second-order valence-electron chi connectivity index (χ2n) is 4.77. The van der Waals surface area contributed by atoms with E-state index in [9.17, 15) is 0 Å². The van der Waals surface area contributed by atoms with Crippen molar-refractivity contribution in [2.45, 2.75) is 13.5 Å². The van der Waals surface area contributed by atoms with Gasteiger partial charge in [0.2, 0.25) is 5.88 Å². The van der Waals surface area contributed by atoms with Crippen LogP contribution in [0, 0.1) is 6.92 Å². The van der Waals surface area contributed by atoms with Crippen LogP contribution in [-0.2, 0) is 6.54 Å². The standard InChI is InChI=1S/C15H18N4O/c1-11-17-14(9-15(18-11)20-2)19-8-7-16-10-12-5-3-4-6-13(12)19/h3-6,9,16H,7-8,10H2,1-2H3. The van der Waals surface area contributed by atoms with Crippen molar-refractivity contribution in [3.05, 3.63) is 41.7 Å². The number of para-hydroxylation sites is 1. The highest BCUT2D eigenvalue weighted by molar-refractivity contribution is 5.65. The average Bonchev–Trinajstić information content (AvgIpc) is 2.69. The van der Waals surface area contributed by atoms with Gasteiger partial charge in [-0.2, -0.15) is 4.98 Å². The SMILES string of the molecule is COc1cc(N2CCNCc3ccccc32)nc(C)n1. The third-order valence-electron chi connectivity index (χ3n) is 3.40. The molecule has 0 unspecified atom stereocenters. The van der Waals surface area contributed by atoms with E-state index in [1.165, 1.54) is 11.3 Å². The number of anilines is 2. The van der Waals surface area contributed by atoms with Crippen LogP contribution in [0.3, 0.4) is 0 Å². The molecule has 1 aliphatic rings. The largest absolute Gasteiger partial charge is 0.481 e. The maximum absolute atomic E-state index is 5.25. The lowest BCUT2D eigenvalue weighted by molar-refractivity contribution is 0.395. The second-order valence-corrected chi connectivity index (χ2v) is 4.77. The zero-order valence-corrected chi connectivity index (χ0v) is 11.8. The molecular weight excluding hydrogens is 252 g/mol. The van der Waals surface area contributed by atoms with Gasteiger partial charge >= 0.3 is 0 Å². The van der Waals surface area contributed by atoms with Crippen molar-refractivity contribution < 1.29 is 4.74 Å². The summed E-state index contributed by atoms with van der Waals surface area (Å²) in [6.07, 6.45) is 0. The van der Waals surface area contributed by atoms with E-state index in [2.05, 4.69) is 44.5 Å². The number of ether oxygens (including phenoxy) is 1. The predicted molar refractivity (Wildman–Crippen MR) is 78.5 cm³/mol. The summed E-state index contributed by atoms with van der Waals surface area (Å²) >= 11 is 0. The van der Waals surface area contributed by atoms with Gasteiger partial charge in [0.25, 0.3) is 0 Å². The zero-order chi connectivity index (χ0) is 13.9. The van der Waals surface area contributed by atoms with E-state index in [0.29, 0.717) is 11.7 Å². The van der Waals surface area contributed by atoms with E-state index < -0.39 is 0 Å². The zero-order valence-electron chi connectivity index (χ0n) is 11.8. The van der Waals surface area contributed by atoms with Crippen LogP contribution in [0.15, 0.2) is 30.3 Å². The summed E-state index contributed by atoms with van der Waals surface area (Å²) in [5.41, 5.74) is 2.47. The molecule has 3 rings (SSSR count). The van der Waals surface area contributed by atoms with Gasteiger partial charge in [-0.05, 0) is 18.6 Å². The Kier molecular flexibility index (Phi) is 3.52. The highest BCUT2D eigenvalue weighted by atomic mass is 16.5. The number of methoxy groups -OCH3 is 1. The van der Waals surface area contributed by atoms with Crippen molar-refractivity contribution >= 4 is 11.5 Å². The summed E-state index contributed by atoms with van der Waals surface area (Å²) in [5, 5.41) is 3.43. The molecule has 0 spiro atoms. The van der Waals surface area contributed by atoms with Crippen LogP contribution in [-0.4, -0.2) is 30.2 Å². The minimum absolute atomic E-state index is 0.599. The Labute approximate surface area is 118 Å². The summed E-state index contributed by atoms with van der Waals surface area (Å²) < 4.78 is 5.25. The van der Waals surface area contributed by atoms with Crippen molar-refractivity contribution in [2.75, 3.05) is 25.1 Å². The van der Waals surface area contributed by atoms with Crippen molar-refractivity contribution in [2.24, 2.45) is 0 Å². The number of benzene rings is 1. The first-order valence-corrected chi connectivity index (χ1v) is 6.74. The Morgan fingerprint density at radius 2 is 2.10 bits per heavy atom. The lowest BCUT2D eigenvalue weighted by Crippen LogP contribution is -2.25. The van der Waals surface area contributed by atoms with Gasteiger partial charge in [-0.15, -0.1) is 0 Å². The topological polar surface area (TPSA) is 50.3 Å². The number of hydrogen-bond donors (Lipinski definition) is 1. The lowest BCUT2D eigenvalue weighted by atomic mass is 10.1. The van der Waals surface area contributed by atoms with Gasteiger partial charge < -0.3 is 15.0 Å². The van der Waals surface area contributed by atoms with Gasteiger partial charge in [-0.3, -0.25) is 0 Å². The fourth-order valence-electron chi connectivity index (χ4n) is 2.46. The van der Waals surface area contributed by atoms with Gasteiger partial charge in [0.05, 0.1) is 7.11 Å². The molecule has 5 heteroatoms. The Morgan fingerprint density at radius 3 is 2.95 bits per heavy atom. The molecule has 1 aromatic carbocycles. The van der Waals surface area contributed by atoms with E-state index in [1.807, 2.05) is 13.0 Å². The molecule has 0 fully saturated rings. The van der Waals surface area contributed by atoms with Crippen molar-refractivity contribution in [1.82, 2.24) is 15.3 Å². The molecule has 5 nitrogen and oxygen atoms in total. The highest BCUT2D eigenvalue weighted by Gasteiger charge is 2.18. The molecule has 0 bridgehead atoms. The third-order valence-corrected chi connectivity index (χ3v) is 3.40. The van der Waals surface area contributed by atoms with Gasteiger partial charge in [0.15, 0.2) is 0 Å². The third kappa shape index (κ3) is 2.44. The fourth-order valence-corrected chi connectivity index (χ4v) is 2.46. The van der Waals surface area contributed by atoms with Crippen LogP contribution in [0.2, 0.25) is 0 Å². The molecule has 1 aromatic heterocycles. The Bertz CT molecular complexity index is 615. The number of nitrogens with one attached hydrogen (secondary N) is 1. The highest BCUT2D eigenvalue weighted by Crippen LogP contribution is 2.29. The quantitative estimate of drug-likeness (QED) is 0.905. The van der Waals surface area contributed by atoms with Crippen LogP contribution < -0.4 is 15.0 Å². The summed E-state index contributed by atoms with van der Waals surface area (Å²) in [6, 6.07) is 10.3. The normalized spacial score (nSPS) is 14.6. The number of hydrogen-bond acceptors (Lipinski definition) is 5. The van der Waals surface area contributed by atoms with Crippen molar-refractivity contribution in [3.63, 3.8) is 0 Å². The van der Waals surface area contributed by atoms with Gasteiger partial charge in [0, 0.05) is 31.4 Å². The molecule has 104 valence electrons. The van der Waals surface area contributed by atoms with Gasteiger partial charge in [-0.1, -0.05) is 18.2 Å². The molecule has 0 radical (unpaired) electrons. The van der Waals surface area contributed by atoms with E-state index in [1.54, 1.807) is 7.11 Å². The second kappa shape index (κ2) is 5.46. The molecule has 0 atom stereocenters. The summed E-state index contributed by atoms with van der Waals surface area (Å²) in [6.45, 7) is 4.55. The lowest BCUT2D eigenvalue weighted by Gasteiger charge is -2.24. The molecule has 2 aromatic rings. The minimum atomic E-state index is 0.599. The molecule has 0 saturated heterocycles. The molecule has 1 N–H and O–H groups in total. The number of fused-ring (bicyclic) bond motifs is 1. The predicted octanol–water partition coefficient (Wildman–Crippen LogP) is 2.03. The number of aromatic nitrogens is 2. The van der Waals surface area contributed by atoms with Crippen molar-refractivity contribution in [3.8, 4) is 5.88 Å². The number of nitrogens with zero attached hydrogens (tertiary/aromatic N) is 3. The first kappa shape index (κ1) is 12.9. The summed E-state index contributed by atoms with van der Waals surface area (Å²) in [5.74, 6) is 2.20. The first-order chi connectivity index (χ1) is 9.78.